The predicted octanol–water partition coefficient (Wildman–Crippen LogP) is 2.70. The van der Waals surface area contributed by atoms with Crippen LogP contribution >= 0.6 is 0 Å². The van der Waals surface area contributed by atoms with Crippen molar-refractivity contribution in [3.05, 3.63) is 23.8 Å². The molecular formula is C17H23NO4. The minimum Gasteiger partial charge on any atom is -0.508 e. The molecule has 22 heavy (non-hydrogen) atoms. The summed E-state index contributed by atoms with van der Waals surface area (Å²) in [4.78, 5) is 23.3. The second-order valence-corrected chi connectivity index (χ2v) is 5.68. The smallest absolute Gasteiger partial charge is 0.334 e. The molecule has 1 unspecified atom stereocenters. The molecule has 1 aliphatic rings. The van der Waals surface area contributed by atoms with Crippen LogP contribution in [0.2, 0.25) is 0 Å². The number of ether oxygens (including phenoxy) is 1. The average molecular weight is 305 g/mol. The van der Waals surface area contributed by atoms with Gasteiger partial charge in [-0.25, -0.2) is 4.79 Å². The molecule has 1 fully saturated rings. The monoisotopic (exact) mass is 305 g/mol. The zero-order chi connectivity index (χ0) is 15.9. The van der Waals surface area contributed by atoms with Crippen molar-refractivity contribution >= 4 is 11.9 Å². The molecule has 0 aromatic heterocycles. The van der Waals surface area contributed by atoms with E-state index in [0.717, 1.165) is 24.8 Å². The lowest BCUT2D eigenvalue weighted by atomic mass is 10.0. The van der Waals surface area contributed by atoms with Crippen molar-refractivity contribution in [1.82, 2.24) is 5.32 Å². The standard InChI is InChI=1S/C17H23NO4/c1-2-3-4-5-6-12-7-8-13(19)11-15(12)22-17(21)14-9-10-16(20)18-14/h7-8,11,14,19H,2-6,9-10H2,1H3,(H,18,20). The highest BCUT2D eigenvalue weighted by molar-refractivity contribution is 5.89. The van der Waals surface area contributed by atoms with Crippen molar-refractivity contribution in [3.8, 4) is 11.5 Å². The molecule has 5 nitrogen and oxygen atoms in total. The molecule has 2 N–H and O–H groups in total. The number of amides is 1. The molecule has 1 aliphatic heterocycles. The van der Waals surface area contributed by atoms with E-state index in [1.807, 2.05) is 0 Å². The summed E-state index contributed by atoms with van der Waals surface area (Å²) in [7, 11) is 0. The SMILES string of the molecule is CCCCCCc1ccc(O)cc1OC(=O)C1CCC(=O)N1. The Morgan fingerprint density at radius 3 is 2.86 bits per heavy atom. The van der Waals surface area contributed by atoms with E-state index < -0.39 is 12.0 Å². The fourth-order valence-electron chi connectivity index (χ4n) is 2.56. The fourth-order valence-corrected chi connectivity index (χ4v) is 2.56. The number of phenols is 1. The molecule has 0 radical (unpaired) electrons. The van der Waals surface area contributed by atoms with Crippen LogP contribution in [0.15, 0.2) is 18.2 Å². The minimum absolute atomic E-state index is 0.0653. The van der Waals surface area contributed by atoms with E-state index in [-0.39, 0.29) is 11.7 Å². The highest BCUT2D eigenvalue weighted by Crippen LogP contribution is 2.27. The minimum atomic E-state index is -0.581. The third kappa shape index (κ3) is 4.48. The van der Waals surface area contributed by atoms with Gasteiger partial charge in [0.2, 0.25) is 5.91 Å². The molecule has 1 amide bonds. The van der Waals surface area contributed by atoms with E-state index in [4.69, 9.17) is 4.74 Å². The second-order valence-electron chi connectivity index (χ2n) is 5.68. The zero-order valence-electron chi connectivity index (χ0n) is 12.9. The van der Waals surface area contributed by atoms with E-state index in [2.05, 4.69) is 12.2 Å². The average Bonchev–Trinajstić information content (AvgIpc) is 2.92. The van der Waals surface area contributed by atoms with Crippen LogP contribution in [0.5, 0.6) is 11.5 Å². The van der Waals surface area contributed by atoms with Gasteiger partial charge in [0.1, 0.15) is 17.5 Å². The number of nitrogens with one attached hydrogen (secondary N) is 1. The van der Waals surface area contributed by atoms with Gasteiger partial charge in [0.05, 0.1) is 0 Å². The van der Waals surface area contributed by atoms with Crippen LogP contribution in [0.25, 0.3) is 0 Å². The van der Waals surface area contributed by atoms with E-state index in [1.54, 1.807) is 12.1 Å². The fraction of sp³-hybridized carbons (Fsp3) is 0.529. The van der Waals surface area contributed by atoms with E-state index in [9.17, 15) is 14.7 Å². The molecule has 1 atom stereocenters. The Hall–Kier alpha value is -2.04. The summed E-state index contributed by atoms with van der Waals surface area (Å²) in [5.74, 6) is -0.137. The number of aromatic hydroxyl groups is 1. The molecule has 0 aliphatic carbocycles. The molecule has 1 aromatic rings. The van der Waals surface area contributed by atoms with Crippen LogP contribution < -0.4 is 10.1 Å². The molecule has 0 bridgehead atoms. The van der Waals surface area contributed by atoms with Crippen molar-refractivity contribution in [2.75, 3.05) is 0 Å². The van der Waals surface area contributed by atoms with Gasteiger partial charge in [-0.1, -0.05) is 32.3 Å². The molecule has 0 saturated carbocycles. The Morgan fingerprint density at radius 2 is 2.18 bits per heavy atom. The summed E-state index contributed by atoms with van der Waals surface area (Å²) in [5.41, 5.74) is 0.909. The lowest BCUT2D eigenvalue weighted by Gasteiger charge is -2.13. The van der Waals surface area contributed by atoms with Crippen molar-refractivity contribution in [3.63, 3.8) is 0 Å². The number of hydrogen-bond acceptors (Lipinski definition) is 4. The predicted molar refractivity (Wildman–Crippen MR) is 82.8 cm³/mol. The largest absolute Gasteiger partial charge is 0.508 e. The highest BCUT2D eigenvalue weighted by Gasteiger charge is 2.29. The summed E-state index contributed by atoms with van der Waals surface area (Å²) < 4.78 is 5.40. The molecule has 1 aromatic carbocycles. The van der Waals surface area contributed by atoms with E-state index in [1.165, 1.54) is 18.9 Å². The summed E-state index contributed by atoms with van der Waals surface area (Å²) in [6.07, 6.45) is 6.11. The van der Waals surface area contributed by atoms with Gasteiger partial charge < -0.3 is 15.2 Å². The van der Waals surface area contributed by atoms with Gasteiger partial charge in [0.15, 0.2) is 0 Å². The maximum atomic E-state index is 12.1. The topological polar surface area (TPSA) is 75.6 Å². The number of phenolic OH excluding ortho intramolecular Hbond substituents is 1. The van der Waals surface area contributed by atoms with E-state index in [0.29, 0.717) is 18.6 Å². The molecule has 2 rings (SSSR count). The van der Waals surface area contributed by atoms with Crippen molar-refractivity contribution in [2.24, 2.45) is 0 Å². The number of benzene rings is 1. The van der Waals surface area contributed by atoms with Gasteiger partial charge in [-0.3, -0.25) is 4.79 Å². The first-order chi connectivity index (χ1) is 10.6. The lowest BCUT2D eigenvalue weighted by Crippen LogP contribution is -2.36. The van der Waals surface area contributed by atoms with Crippen molar-refractivity contribution < 1.29 is 19.4 Å². The number of carbonyl (C=O) groups excluding carboxylic acids is 2. The number of unbranched alkanes of at least 4 members (excludes halogenated alkanes) is 3. The second kappa shape index (κ2) is 7.82. The molecular weight excluding hydrogens is 282 g/mol. The van der Waals surface area contributed by atoms with Crippen molar-refractivity contribution in [2.45, 2.75) is 57.9 Å². The Balaban J connectivity index is 2.00. The number of esters is 1. The Morgan fingerprint density at radius 1 is 1.36 bits per heavy atom. The number of hydrogen-bond donors (Lipinski definition) is 2. The quantitative estimate of drug-likeness (QED) is 0.461. The third-order valence-electron chi connectivity index (χ3n) is 3.84. The van der Waals surface area contributed by atoms with Crippen LogP contribution in [0.3, 0.4) is 0 Å². The van der Waals surface area contributed by atoms with Gasteiger partial charge in [-0.05, 0) is 30.9 Å². The van der Waals surface area contributed by atoms with Crippen LogP contribution in [-0.2, 0) is 16.0 Å². The highest BCUT2D eigenvalue weighted by atomic mass is 16.5. The van der Waals surface area contributed by atoms with Crippen LogP contribution in [0.1, 0.15) is 51.0 Å². The van der Waals surface area contributed by atoms with Gasteiger partial charge in [-0.2, -0.15) is 0 Å². The molecule has 5 heteroatoms. The van der Waals surface area contributed by atoms with Gasteiger partial charge in [0, 0.05) is 12.5 Å². The maximum absolute atomic E-state index is 12.1. The molecule has 1 saturated heterocycles. The third-order valence-corrected chi connectivity index (χ3v) is 3.84. The Bertz CT molecular complexity index is 541. The molecule has 120 valence electrons. The van der Waals surface area contributed by atoms with Crippen molar-refractivity contribution in [1.29, 1.82) is 0 Å². The number of rotatable bonds is 7. The van der Waals surface area contributed by atoms with E-state index >= 15 is 0 Å². The van der Waals surface area contributed by atoms with Crippen LogP contribution in [0, 0.1) is 0 Å². The van der Waals surface area contributed by atoms with Gasteiger partial charge in [0.25, 0.3) is 0 Å². The van der Waals surface area contributed by atoms with Gasteiger partial charge in [-0.15, -0.1) is 0 Å². The van der Waals surface area contributed by atoms with Crippen LogP contribution in [0.4, 0.5) is 0 Å². The first-order valence-corrected chi connectivity index (χ1v) is 7.93. The zero-order valence-corrected chi connectivity index (χ0v) is 12.9. The lowest BCUT2D eigenvalue weighted by molar-refractivity contribution is -0.137. The summed E-state index contributed by atoms with van der Waals surface area (Å²) in [6.45, 7) is 2.16. The Labute approximate surface area is 130 Å². The summed E-state index contributed by atoms with van der Waals surface area (Å²) in [6, 6.07) is 4.27. The number of aryl methyl sites for hydroxylation is 1. The first-order valence-electron chi connectivity index (χ1n) is 7.93. The first kappa shape index (κ1) is 16.3. The normalized spacial score (nSPS) is 17.3. The summed E-state index contributed by atoms with van der Waals surface area (Å²) >= 11 is 0. The summed E-state index contributed by atoms with van der Waals surface area (Å²) in [5, 5.41) is 12.2. The maximum Gasteiger partial charge on any atom is 0.334 e. The molecule has 1 heterocycles. The van der Waals surface area contributed by atoms with Crippen LogP contribution in [-0.4, -0.2) is 23.0 Å². The number of carbonyl (C=O) groups is 2. The Kier molecular flexibility index (Phi) is 5.81. The van der Waals surface area contributed by atoms with Gasteiger partial charge >= 0.3 is 5.97 Å². The molecule has 0 spiro atoms.